The number of rotatable bonds is 8. The van der Waals surface area contributed by atoms with Gasteiger partial charge in [-0.1, -0.05) is 24.0 Å². The van der Waals surface area contributed by atoms with Crippen LogP contribution < -0.4 is 20.7 Å². The van der Waals surface area contributed by atoms with Crippen molar-refractivity contribution in [3.8, 4) is 23.3 Å². The Hall–Kier alpha value is -5.02. The van der Waals surface area contributed by atoms with Gasteiger partial charge >= 0.3 is 12.1 Å². The number of urea groups is 2. The molecule has 46 heavy (non-hydrogen) atoms. The fraction of sp³-hybridized carbons (Fsp3) is 0.353. The van der Waals surface area contributed by atoms with Crippen LogP contribution in [-0.4, -0.2) is 71.5 Å². The third-order valence-corrected chi connectivity index (χ3v) is 7.83. The lowest BCUT2D eigenvalue weighted by atomic mass is 10.0. The minimum atomic E-state index is -0.846. The molecule has 0 spiro atoms. The third-order valence-electron chi connectivity index (χ3n) is 7.83. The number of halogens is 2. The molecule has 3 N–H and O–H groups in total. The van der Waals surface area contributed by atoms with Gasteiger partial charge in [0, 0.05) is 49.3 Å². The summed E-state index contributed by atoms with van der Waals surface area (Å²) < 4.78 is 33.7. The normalized spacial score (nSPS) is 16.2. The number of piperidine rings is 1. The number of amides is 5. The van der Waals surface area contributed by atoms with Gasteiger partial charge in [0.1, 0.15) is 11.6 Å². The Labute approximate surface area is 266 Å². The first-order valence-corrected chi connectivity index (χ1v) is 15.4. The first-order chi connectivity index (χ1) is 22.3. The van der Waals surface area contributed by atoms with Crippen LogP contribution >= 0.6 is 0 Å². The van der Waals surface area contributed by atoms with E-state index in [1.807, 2.05) is 4.90 Å². The minimum Gasteiger partial charge on any atom is -0.453 e. The number of carbonyl (C=O) groups excluding carboxylic acids is 3. The maximum atomic E-state index is 14.9. The lowest BCUT2D eigenvalue weighted by Crippen LogP contribution is -2.52. The zero-order valence-corrected chi connectivity index (χ0v) is 25.4. The number of hydrogen-bond acceptors (Lipinski definition) is 6. The van der Waals surface area contributed by atoms with Crippen LogP contribution in [0.15, 0.2) is 60.9 Å². The summed E-state index contributed by atoms with van der Waals surface area (Å²) in [5.41, 5.74) is 1.03. The average molecular weight is 631 g/mol. The van der Waals surface area contributed by atoms with Crippen molar-refractivity contribution in [2.75, 3.05) is 38.0 Å². The Morgan fingerprint density at radius 2 is 1.74 bits per heavy atom. The van der Waals surface area contributed by atoms with E-state index in [9.17, 15) is 23.2 Å². The van der Waals surface area contributed by atoms with Gasteiger partial charge in [-0.2, -0.15) is 0 Å². The quantitative estimate of drug-likeness (QED) is 0.300. The van der Waals surface area contributed by atoms with Crippen molar-refractivity contribution in [3.05, 3.63) is 83.7 Å². The molecule has 1 atom stereocenters. The standard InChI is InChI=1S/C34H36F2N6O4/c35-26-10-8-24(9-11-26)20-32(43)40-33(44)39-27-12-13-31(29(36)21-27)46-30-14-16-37-22-25(30)6-5-15-38-34(45)42-19-2-1-7-28(42)23-41-17-3-4-18-41/h8-14,16,21-22,28H,1-4,7,15,17-20,23H2,(H,38,45)(H2,39,40,43,44)/t28-/m0/s1. The van der Waals surface area contributed by atoms with Crippen molar-refractivity contribution in [1.82, 2.24) is 25.4 Å². The summed E-state index contributed by atoms with van der Waals surface area (Å²) in [7, 11) is 0. The number of pyridine rings is 1. The predicted molar refractivity (Wildman–Crippen MR) is 168 cm³/mol. The van der Waals surface area contributed by atoms with Gasteiger partial charge < -0.3 is 25.2 Å². The Balaban J connectivity index is 1.12. The number of carbonyl (C=O) groups is 3. The van der Waals surface area contributed by atoms with Crippen LogP contribution in [0.1, 0.15) is 43.2 Å². The van der Waals surface area contributed by atoms with Crippen molar-refractivity contribution in [3.63, 3.8) is 0 Å². The maximum Gasteiger partial charge on any atom is 0.325 e. The summed E-state index contributed by atoms with van der Waals surface area (Å²) >= 11 is 0. The minimum absolute atomic E-state index is 0.0961. The Morgan fingerprint density at radius 1 is 0.957 bits per heavy atom. The SMILES string of the molecule is O=C(Cc1ccc(F)cc1)NC(=O)Nc1ccc(Oc2ccncc2C#CCNC(=O)N2CCCC[C@H]2CN2CCCC2)c(F)c1. The molecule has 240 valence electrons. The van der Waals surface area contributed by atoms with Crippen LogP contribution in [0.4, 0.5) is 24.1 Å². The summed E-state index contributed by atoms with van der Waals surface area (Å²) in [6.45, 7) is 3.97. The second-order valence-electron chi connectivity index (χ2n) is 11.2. The molecule has 3 aromatic rings. The number of hydrogen-bond donors (Lipinski definition) is 3. The zero-order valence-electron chi connectivity index (χ0n) is 25.4. The molecular formula is C34H36F2N6O4. The number of nitrogens with one attached hydrogen (secondary N) is 3. The molecule has 0 unspecified atom stereocenters. The molecule has 2 aromatic carbocycles. The zero-order chi connectivity index (χ0) is 32.3. The van der Waals surface area contributed by atoms with Gasteiger partial charge in [-0.15, -0.1) is 0 Å². The summed E-state index contributed by atoms with van der Waals surface area (Å²) in [6, 6.07) is 9.92. The van der Waals surface area contributed by atoms with Gasteiger partial charge in [0.2, 0.25) is 5.91 Å². The van der Waals surface area contributed by atoms with Crippen molar-refractivity contribution < 1.29 is 27.9 Å². The molecule has 2 fully saturated rings. The van der Waals surface area contributed by atoms with E-state index in [1.165, 1.54) is 61.6 Å². The van der Waals surface area contributed by atoms with E-state index in [1.54, 1.807) is 6.07 Å². The number of likely N-dealkylation sites (tertiary alicyclic amines) is 2. The van der Waals surface area contributed by atoms with Crippen LogP contribution in [-0.2, 0) is 11.2 Å². The number of ether oxygens (including phenoxy) is 1. The number of anilines is 1. The second kappa shape index (κ2) is 15.8. The van der Waals surface area contributed by atoms with Crippen LogP contribution in [0.5, 0.6) is 11.5 Å². The fourth-order valence-corrected chi connectivity index (χ4v) is 5.55. The Kier molecular flexibility index (Phi) is 11.1. The van der Waals surface area contributed by atoms with Gasteiger partial charge in [-0.3, -0.25) is 15.1 Å². The van der Waals surface area contributed by atoms with Crippen molar-refractivity contribution in [2.45, 2.75) is 44.6 Å². The highest BCUT2D eigenvalue weighted by molar-refractivity contribution is 6.01. The molecule has 5 rings (SSSR count). The van der Waals surface area contributed by atoms with Gasteiger partial charge in [-0.05, 0) is 75.0 Å². The van der Waals surface area contributed by atoms with E-state index in [0.717, 1.165) is 51.5 Å². The molecule has 12 heteroatoms. The summed E-state index contributed by atoms with van der Waals surface area (Å²) in [5.74, 6) is 4.22. The molecule has 2 aliphatic rings. The van der Waals surface area contributed by atoms with E-state index in [0.29, 0.717) is 11.1 Å². The first-order valence-electron chi connectivity index (χ1n) is 15.4. The first kappa shape index (κ1) is 32.4. The number of benzene rings is 2. The highest BCUT2D eigenvalue weighted by Gasteiger charge is 2.28. The summed E-state index contributed by atoms with van der Waals surface area (Å²) in [4.78, 5) is 45.8. The fourth-order valence-electron chi connectivity index (χ4n) is 5.55. The van der Waals surface area contributed by atoms with E-state index in [-0.39, 0.29) is 42.2 Å². The molecule has 0 aliphatic carbocycles. The van der Waals surface area contributed by atoms with Gasteiger partial charge in [0.15, 0.2) is 11.6 Å². The summed E-state index contributed by atoms with van der Waals surface area (Å²) in [6.07, 6.45) is 8.40. The van der Waals surface area contributed by atoms with Crippen LogP contribution in [0.25, 0.3) is 0 Å². The molecule has 2 aliphatic heterocycles. The molecule has 5 amide bonds. The highest BCUT2D eigenvalue weighted by Crippen LogP contribution is 2.28. The van der Waals surface area contributed by atoms with Crippen molar-refractivity contribution in [2.24, 2.45) is 0 Å². The van der Waals surface area contributed by atoms with Gasteiger partial charge in [0.25, 0.3) is 0 Å². The monoisotopic (exact) mass is 630 g/mol. The lowest BCUT2D eigenvalue weighted by molar-refractivity contribution is -0.119. The highest BCUT2D eigenvalue weighted by atomic mass is 19.1. The van der Waals surface area contributed by atoms with Gasteiger partial charge in [-0.25, -0.2) is 18.4 Å². The predicted octanol–water partition coefficient (Wildman–Crippen LogP) is 5.05. The largest absolute Gasteiger partial charge is 0.453 e. The second-order valence-corrected chi connectivity index (χ2v) is 11.2. The molecule has 2 saturated heterocycles. The van der Waals surface area contributed by atoms with E-state index < -0.39 is 23.6 Å². The number of aromatic nitrogens is 1. The van der Waals surface area contributed by atoms with Crippen molar-refractivity contribution in [1.29, 1.82) is 0 Å². The Bertz CT molecular complexity index is 1600. The van der Waals surface area contributed by atoms with E-state index in [4.69, 9.17) is 4.74 Å². The number of imide groups is 1. The van der Waals surface area contributed by atoms with E-state index >= 15 is 0 Å². The molecule has 1 aromatic heterocycles. The molecule has 3 heterocycles. The van der Waals surface area contributed by atoms with Gasteiger partial charge in [0.05, 0.1) is 18.5 Å². The molecular weight excluding hydrogens is 594 g/mol. The van der Waals surface area contributed by atoms with E-state index in [2.05, 4.69) is 37.7 Å². The third kappa shape index (κ3) is 9.25. The van der Waals surface area contributed by atoms with Crippen LogP contribution in [0, 0.1) is 23.5 Å². The molecule has 0 saturated carbocycles. The maximum absolute atomic E-state index is 14.9. The molecule has 0 radical (unpaired) electrons. The smallest absolute Gasteiger partial charge is 0.325 e. The average Bonchev–Trinajstić information content (AvgIpc) is 3.55. The molecule has 10 nitrogen and oxygen atoms in total. The lowest BCUT2D eigenvalue weighted by Gasteiger charge is -2.37. The van der Waals surface area contributed by atoms with Crippen LogP contribution in [0.3, 0.4) is 0 Å². The number of nitrogens with zero attached hydrogens (tertiary/aromatic N) is 3. The molecule has 0 bridgehead atoms. The van der Waals surface area contributed by atoms with Crippen molar-refractivity contribution >= 4 is 23.7 Å². The Morgan fingerprint density at radius 3 is 2.52 bits per heavy atom. The summed E-state index contributed by atoms with van der Waals surface area (Å²) in [5, 5.41) is 7.45. The van der Waals surface area contributed by atoms with Crippen LogP contribution in [0.2, 0.25) is 0 Å². The topological polar surface area (TPSA) is 116 Å².